The van der Waals surface area contributed by atoms with E-state index in [-0.39, 0.29) is 6.61 Å². The Labute approximate surface area is 113 Å². The van der Waals surface area contributed by atoms with E-state index in [1.807, 2.05) is 12.1 Å². The van der Waals surface area contributed by atoms with Gasteiger partial charge in [-0.05, 0) is 24.1 Å². The van der Waals surface area contributed by atoms with Gasteiger partial charge in [0.1, 0.15) is 6.10 Å². The normalized spacial score (nSPS) is 13.1. The molecule has 0 spiro atoms. The molecule has 1 amide bonds. The highest BCUT2D eigenvalue weighted by Gasteiger charge is 2.32. The summed E-state index contributed by atoms with van der Waals surface area (Å²) in [6, 6.07) is 7.41. The molecular formula is C14H22N2O3. The Balaban J connectivity index is 2.41. The fourth-order valence-electron chi connectivity index (χ4n) is 1.55. The summed E-state index contributed by atoms with van der Waals surface area (Å²) in [5.41, 5.74) is 6.50. The molecule has 0 unspecified atom stereocenters. The number of aliphatic hydroxyl groups is 2. The van der Waals surface area contributed by atoms with Gasteiger partial charge < -0.3 is 21.3 Å². The molecular weight excluding hydrogens is 244 g/mol. The van der Waals surface area contributed by atoms with Gasteiger partial charge in [0.25, 0.3) is 0 Å². The summed E-state index contributed by atoms with van der Waals surface area (Å²) in [5, 5.41) is 21.5. The Morgan fingerprint density at radius 3 is 2.47 bits per heavy atom. The molecule has 5 nitrogen and oxygen atoms in total. The maximum absolute atomic E-state index is 11.7. The van der Waals surface area contributed by atoms with Crippen molar-refractivity contribution in [2.75, 3.05) is 18.9 Å². The van der Waals surface area contributed by atoms with Gasteiger partial charge in [0.05, 0.1) is 6.61 Å². The van der Waals surface area contributed by atoms with Crippen LogP contribution < -0.4 is 11.1 Å². The number of nitrogens with one attached hydrogen (secondary N) is 1. The summed E-state index contributed by atoms with van der Waals surface area (Å²) in [5.74, 6) is -0.463. The molecule has 0 fully saturated rings. The summed E-state index contributed by atoms with van der Waals surface area (Å²) < 4.78 is 0. The van der Waals surface area contributed by atoms with E-state index in [9.17, 15) is 9.90 Å². The number of rotatable bonds is 6. The number of aliphatic hydroxyl groups excluding tert-OH is 2. The van der Waals surface area contributed by atoms with Crippen LogP contribution in [-0.4, -0.2) is 35.4 Å². The molecule has 0 aromatic heterocycles. The highest BCUT2D eigenvalue weighted by Crippen LogP contribution is 2.19. The molecule has 0 aliphatic rings. The molecule has 0 heterocycles. The summed E-state index contributed by atoms with van der Waals surface area (Å²) in [6.45, 7) is 3.45. The molecule has 0 aliphatic heterocycles. The third-order valence-electron chi connectivity index (χ3n) is 3.09. The van der Waals surface area contributed by atoms with Crippen LogP contribution in [0.25, 0.3) is 0 Å². The molecule has 1 atom stereocenters. The van der Waals surface area contributed by atoms with Gasteiger partial charge >= 0.3 is 0 Å². The fourth-order valence-corrected chi connectivity index (χ4v) is 1.55. The molecule has 0 radical (unpaired) electrons. The third kappa shape index (κ3) is 4.54. The monoisotopic (exact) mass is 266 g/mol. The van der Waals surface area contributed by atoms with Crippen molar-refractivity contribution in [1.29, 1.82) is 0 Å². The Morgan fingerprint density at radius 2 is 1.95 bits per heavy atom. The van der Waals surface area contributed by atoms with E-state index >= 15 is 0 Å². The van der Waals surface area contributed by atoms with Gasteiger partial charge in [0.2, 0.25) is 5.91 Å². The second-order valence-corrected chi connectivity index (χ2v) is 5.33. The Hall–Kier alpha value is -1.59. The van der Waals surface area contributed by atoms with E-state index in [4.69, 9.17) is 10.8 Å². The number of carbonyl (C=O) groups excluding carboxylic acids is 1. The minimum absolute atomic E-state index is 0.250. The third-order valence-corrected chi connectivity index (χ3v) is 3.09. The Bertz CT molecular complexity index is 415. The van der Waals surface area contributed by atoms with Crippen molar-refractivity contribution in [3.63, 3.8) is 0 Å². The largest absolute Gasteiger partial charge is 0.399 e. The first-order valence-electron chi connectivity index (χ1n) is 6.28. The summed E-state index contributed by atoms with van der Waals surface area (Å²) in [7, 11) is 0. The van der Waals surface area contributed by atoms with Crippen LogP contribution in [0.5, 0.6) is 0 Å². The lowest BCUT2D eigenvalue weighted by atomic mass is 9.87. The zero-order valence-corrected chi connectivity index (χ0v) is 11.4. The predicted octanol–water partition coefficient (Wildman–Crippen LogP) is 0.307. The maximum atomic E-state index is 11.7. The first-order valence-corrected chi connectivity index (χ1v) is 6.28. The van der Waals surface area contributed by atoms with Crippen molar-refractivity contribution in [1.82, 2.24) is 5.32 Å². The van der Waals surface area contributed by atoms with Gasteiger partial charge in [-0.1, -0.05) is 26.0 Å². The number of carbonyl (C=O) groups is 1. The van der Waals surface area contributed by atoms with Gasteiger partial charge in [-0.25, -0.2) is 0 Å². The van der Waals surface area contributed by atoms with Crippen molar-refractivity contribution in [3.8, 4) is 0 Å². The zero-order chi connectivity index (χ0) is 14.5. The van der Waals surface area contributed by atoms with E-state index in [0.717, 1.165) is 5.56 Å². The van der Waals surface area contributed by atoms with E-state index in [2.05, 4.69) is 5.32 Å². The van der Waals surface area contributed by atoms with Crippen LogP contribution in [0.1, 0.15) is 19.4 Å². The zero-order valence-electron chi connectivity index (χ0n) is 11.4. The van der Waals surface area contributed by atoms with E-state index in [0.29, 0.717) is 18.7 Å². The quantitative estimate of drug-likeness (QED) is 0.557. The molecule has 1 aromatic carbocycles. The van der Waals surface area contributed by atoms with Crippen LogP contribution in [0.15, 0.2) is 24.3 Å². The van der Waals surface area contributed by atoms with E-state index < -0.39 is 17.4 Å². The van der Waals surface area contributed by atoms with Crippen molar-refractivity contribution < 1.29 is 15.0 Å². The number of benzene rings is 1. The summed E-state index contributed by atoms with van der Waals surface area (Å²) in [4.78, 5) is 11.7. The van der Waals surface area contributed by atoms with Crippen LogP contribution in [0.2, 0.25) is 0 Å². The average Bonchev–Trinajstić information content (AvgIpc) is 2.40. The number of amides is 1. The van der Waals surface area contributed by atoms with Gasteiger partial charge in [0, 0.05) is 17.6 Å². The lowest BCUT2D eigenvalue weighted by Crippen LogP contribution is -2.46. The number of hydrogen-bond donors (Lipinski definition) is 4. The first-order chi connectivity index (χ1) is 8.86. The molecule has 1 aromatic rings. The minimum atomic E-state index is -1.22. The minimum Gasteiger partial charge on any atom is -0.399 e. The lowest BCUT2D eigenvalue weighted by molar-refractivity contribution is -0.137. The van der Waals surface area contributed by atoms with Crippen LogP contribution in [0.4, 0.5) is 5.69 Å². The van der Waals surface area contributed by atoms with Gasteiger partial charge in [-0.2, -0.15) is 0 Å². The first kappa shape index (κ1) is 15.5. The lowest BCUT2D eigenvalue weighted by Gasteiger charge is -2.27. The van der Waals surface area contributed by atoms with E-state index in [1.54, 1.807) is 26.0 Å². The van der Waals surface area contributed by atoms with Crippen molar-refractivity contribution in [3.05, 3.63) is 29.8 Å². The number of hydrogen-bond acceptors (Lipinski definition) is 4. The average molecular weight is 266 g/mol. The van der Waals surface area contributed by atoms with Crippen LogP contribution in [-0.2, 0) is 11.2 Å². The number of nitrogens with two attached hydrogens (primary N) is 1. The van der Waals surface area contributed by atoms with Crippen LogP contribution >= 0.6 is 0 Å². The highest BCUT2D eigenvalue weighted by molar-refractivity contribution is 5.81. The standard InChI is InChI=1S/C14H22N2O3/c1-14(2,9-17)12(18)13(19)16-8-7-10-3-5-11(15)6-4-10/h3-6,12,17-18H,7-9,15H2,1-2H3,(H,16,19)/t12-/m1/s1. The molecule has 0 aliphatic carbocycles. The fraction of sp³-hybridized carbons (Fsp3) is 0.500. The molecule has 1 rings (SSSR count). The molecule has 5 heteroatoms. The molecule has 5 N–H and O–H groups in total. The van der Waals surface area contributed by atoms with Gasteiger partial charge in [0.15, 0.2) is 0 Å². The van der Waals surface area contributed by atoms with Crippen molar-refractivity contribution in [2.24, 2.45) is 5.41 Å². The number of nitrogen functional groups attached to an aromatic ring is 1. The SMILES string of the molecule is CC(C)(CO)[C@H](O)C(=O)NCCc1ccc(N)cc1. The molecule has 0 bridgehead atoms. The second-order valence-electron chi connectivity index (χ2n) is 5.33. The molecule has 0 saturated carbocycles. The summed E-state index contributed by atoms with van der Waals surface area (Å²) in [6.07, 6.45) is -0.554. The smallest absolute Gasteiger partial charge is 0.249 e. The van der Waals surface area contributed by atoms with Crippen molar-refractivity contribution in [2.45, 2.75) is 26.4 Å². The topological polar surface area (TPSA) is 95.6 Å². The second kappa shape index (κ2) is 6.54. The molecule has 19 heavy (non-hydrogen) atoms. The molecule has 106 valence electrons. The molecule has 0 saturated heterocycles. The van der Waals surface area contributed by atoms with Gasteiger partial charge in [-0.3, -0.25) is 4.79 Å². The van der Waals surface area contributed by atoms with E-state index in [1.165, 1.54) is 0 Å². The van der Waals surface area contributed by atoms with Gasteiger partial charge in [-0.15, -0.1) is 0 Å². The Morgan fingerprint density at radius 1 is 1.37 bits per heavy atom. The summed E-state index contributed by atoms with van der Waals surface area (Å²) >= 11 is 0. The maximum Gasteiger partial charge on any atom is 0.249 e. The highest BCUT2D eigenvalue weighted by atomic mass is 16.3. The van der Waals surface area contributed by atoms with Crippen LogP contribution in [0.3, 0.4) is 0 Å². The van der Waals surface area contributed by atoms with Crippen LogP contribution in [0, 0.1) is 5.41 Å². The predicted molar refractivity (Wildman–Crippen MR) is 74.4 cm³/mol. The van der Waals surface area contributed by atoms with Crippen molar-refractivity contribution >= 4 is 11.6 Å². The number of anilines is 1. The Kier molecular flexibility index (Phi) is 5.32.